The molecular formula is C20H29ClN2O3S. The predicted octanol–water partition coefficient (Wildman–Crippen LogP) is 4.29. The molecule has 1 saturated heterocycles. The summed E-state index contributed by atoms with van der Waals surface area (Å²) < 4.78 is 27.3. The molecule has 1 fully saturated rings. The molecule has 7 heteroatoms. The Kier molecular flexibility index (Phi) is 7.10. The molecule has 1 N–H and O–H groups in total. The number of hydrogen-bond donors (Lipinski definition) is 1. The van der Waals surface area contributed by atoms with Gasteiger partial charge in [-0.25, -0.2) is 8.93 Å². The summed E-state index contributed by atoms with van der Waals surface area (Å²) in [6.45, 7) is 10.4. The molecule has 0 saturated carbocycles. The lowest BCUT2D eigenvalue weighted by Gasteiger charge is -2.35. The van der Waals surface area contributed by atoms with Crippen molar-refractivity contribution in [2.45, 2.75) is 64.0 Å². The van der Waals surface area contributed by atoms with Gasteiger partial charge in [0.2, 0.25) is 0 Å². The molecule has 0 spiro atoms. The standard InChI is InChI=1S/C20H29ClN2O3S/c1-18(2,3)27(24)23-17(19(4,5)14-22)9-10-20(25-11-12-26-20)15-7-6-8-16(21)13-15/h6-8,13,17,23H,9-12H2,1-5H3/t17-,27?/m1/s1. The minimum absolute atomic E-state index is 0.286. The van der Waals surface area contributed by atoms with Gasteiger partial charge >= 0.3 is 0 Å². The second-order valence-corrected chi connectivity index (χ2v) is 10.8. The number of nitrogens with one attached hydrogen (secondary N) is 1. The topological polar surface area (TPSA) is 71.3 Å². The summed E-state index contributed by atoms with van der Waals surface area (Å²) in [5, 5.41) is 10.2. The van der Waals surface area contributed by atoms with E-state index in [0.29, 0.717) is 31.1 Å². The molecule has 1 aromatic rings. The predicted molar refractivity (Wildman–Crippen MR) is 108 cm³/mol. The van der Waals surface area contributed by atoms with Gasteiger partial charge in [0.15, 0.2) is 5.79 Å². The van der Waals surface area contributed by atoms with Crippen molar-refractivity contribution in [1.82, 2.24) is 4.72 Å². The van der Waals surface area contributed by atoms with Crippen LogP contribution in [-0.4, -0.2) is 28.2 Å². The lowest BCUT2D eigenvalue weighted by Crippen LogP contribution is -2.47. The van der Waals surface area contributed by atoms with Gasteiger partial charge in [0, 0.05) is 23.0 Å². The molecule has 1 aliphatic rings. The molecule has 0 aliphatic carbocycles. The van der Waals surface area contributed by atoms with E-state index in [1.54, 1.807) is 0 Å². The molecular weight excluding hydrogens is 384 g/mol. The third kappa shape index (κ3) is 5.52. The first-order valence-corrected chi connectivity index (χ1v) is 10.7. The maximum absolute atomic E-state index is 12.6. The molecule has 2 rings (SSSR count). The molecule has 150 valence electrons. The van der Waals surface area contributed by atoms with Crippen molar-refractivity contribution in [2.75, 3.05) is 13.2 Å². The molecule has 1 unspecified atom stereocenters. The van der Waals surface area contributed by atoms with Crippen molar-refractivity contribution in [3.63, 3.8) is 0 Å². The second kappa shape index (κ2) is 8.59. The van der Waals surface area contributed by atoms with E-state index in [1.165, 1.54) is 0 Å². The minimum Gasteiger partial charge on any atom is -0.343 e. The lowest BCUT2D eigenvalue weighted by molar-refractivity contribution is -0.173. The van der Waals surface area contributed by atoms with E-state index < -0.39 is 26.9 Å². The van der Waals surface area contributed by atoms with Crippen LogP contribution in [0.1, 0.15) is 53.0 Å². The normalized spacial score (nSPS) is 19.4. The summed E-state index contributed by atoms with van der Waals surface area (Å²) in [5.74, 6) is -0.889. The van der Waals surface area contributed by atoms with Gasteiger partial charge in [0.1, 0.15) is 0 Å². The van der Waals surface area contributed by atoms with Crippen molar-refractivity contribution in [3.05, 3.63) is 34.9 Å². The zero-order valence-corrected chi connectivity index (χ0v) is 18.2. The van der Waals surface area contributed by atoms with Crippen molar-refractivity contribution in [1.29, 1.82) is 5.26 Å². The minimum atomic E-state index is -1.28. The van der Waals surface area contributed by atoms with Crippen LogP contribution in [0.4, 0.5) is 0 Å². The zero-order valence-electron chi connectivity index (χ0n) is 16.7. The Morgan fingerprint density at radius 2 is 1.93 bits per heavy atom. The SMILES string of the molecule is CC(C)(C#N)[C@@H](CCC1(c2cccc(Cl)c2)OCCO1)NS(=O)C(C)(C)C. The van der Waals surface area contributed by atoms with Gasteiger partial charge in [-0.1, -0.05) is 23.7 Å². The summed E-state index contributed by atoms with van der Waals surface area (Å²) in [5.41, 5.74) is 0.160. The van der Waals surface area contributed by atoms with Gasteiger partial charge in [-0.05, 0) is 53.2 Å². The summed E-state index contributed by atoms with van der Waals surface area (Å²) in [7, 11) is -1.28. The Balaban J connectivity index is 2.23. The summed E-state index contributed by atoms with van der Waals surface area (Å²) in [6, 6.07) is 9.51. The van der Waals surface area contributed by atoms with Gasteiger partial charge in [0.25, 0.3) is 0 Å². The molecule has 0 bridgehead atoms. The van der Waals surface area contributed by atoms with Gasteiger partial charge < -0.3 is 9.47 Å². The van der Waals surface area contributed by atoms with Crippen LogP contribution in [0, 0.1) is 16.7 Å². The zero-order chi connectivity index (χ0) is 20.3. The number of rotatable bonds is 7. The fourth-order valence-electron chi connectivity index (χ4n) is 2.92. The maximum atomic E-state index is 12.6. The lowest BCUT2D eigenvalue weighted by atomic mass is 9.82. The van der Waals surface area contributed by atoms with E-state index in [4.69, 9.17) is 21.1 Å². The number of hydrogen-bond acceptors (Lipinski definition) is 4. The quantitative estimate of drug-likeness (QED) is 0.725. The molecule has 0 amide bonds. The highest BCUT2D eigenvalue weighted by Crippen LogP contribution is 2.39. The van der Waals surface area contributed by atoms with E-state index in [-0.39, 0.29) is 6.04 Å². The third-order valence-corrected chi connectivity index (χ3v) is 6.59. The maximum Gasteiger partial charge on any atom is 0.195 e. The van der Waals surface area contributed by atoms with Crippen LogP contribution < -0.4 is 4.72 Å². The smallest absolute Gasteiger partial charge is 0.195 e. The fraction of sp³-hybridized carbons (Fsp3) is 0.650. The molecule has 1 aromatic carbocycles. The van der Waals surface area contributed by atoms with E-state index in [9.17, 15) is 9.47 Å². The van der Waals surface area contributed by atoms with E-state index in [0.717, 1.165) is 5.56 Å². The van der Waals surface area contributed by atoms with Crippen LogP contribution in [0.25, 0.3) is 0 Å². The summed E-state index contributed by atoms with van der Waals surface area (Å²) in [4.78, 5) is 0. The van der Waals surface area contributed by atoms with Crippen LogP contribution >= 0.6 is 11.6 Å². The Bertz CT molecular complexity index is 719. The Morgan fingerprint density at radius 1 is 1.30 bits per heavy atom. The highest BCUT2D eigenvalue weighted by molar-refractivity contribution is 7.84. The number of benzene rings is 1. The first kappa shape index (κ1) is 22.3. The van der Waals surface area contributed by atoms with Crippen LogP contribution in [-0.2, 0) is 26.2 Å². The van der Waals surface area contributed by atoms with Crippen molar-refractivity contribution < 1.29 is 13.7 Å². The van der Waals surface area contributed by atoms with E-state index >= 15 is 0 Å². The Morgan fingerprint density at radius 3 is 2.44 bits per heavy atom. The molecule has 1 heterocycles. The average Bonchev–Trinajstić information content (AvgIpc) is 3.07. The van der Waals surface area contributed by atoms with Gasteiger partial charge in [-0.2, -0.15) is 5.26 Å². The van der Waals surface area contributed by atoms with E-state index in [2.05, 4.69) is 10.8 Å². The summed E-state index contributed by atoms with van der Waals surface area (Å²) in [6.07, 6.45) is 1.09. The summed E-state index contributed by atoms with van der Waals surface area (Å²) >= 11 is 6.16. The number of nitrogens with zero attached hydrogens (tertiary/aromatic N) is 1. The first-order valence-electron chi connectivity index (χ1n) is 9.13. The fourth-order valence-corrected chi connectivity index (χ4v) is 4.14. The van der Waals surface area contributed by atoms with Crippen molar-refractivity contribution in [2.24, 2.45) is 5.41 Å². The van der Waals surface area contributed by atoms with Gasteiger partial charge in [-0.3, -0.25) is 0 Å². The first-order chi connectivity index (χ1) is 12.5. The van der Waals surface area contributed by atoms with Crippen molar-refractivity contribution in [3.8, 4) is 6.07 Å². The van der Waals surface area contributed by atoms with Crippen LogP contribution in [0.2, 0.25) is 5.02 Å². The number of nitriles is 1. The Labute approximate surface area is 170 Å². The largest absolute Gasteiger partial charge is 0.343 e. The second-order valence-electron chi connectivity index (χ2n) is 8.38. The highest BCUT2D eigenvalue weighted by atomic mass is 35.5. The molecule has 2 atom stereocenters. The molecule has 0 aromatic heterocycles. The monoisotopic (exact) mass is 412 g/mol. The van der Waals surface area contributed by atoms with Gasteiger partial charge in [0.05, 0.1) is 40.4 Å². The Hall–Kier alpha value is -0.970. The number of halogens is 1. The molecule has 0 radical (unpaired) electrons. The van der Waals surface area contributed by atoms with Crippen molar-refractivity contribution >= 4 is 22.6 Å². The third-order valence-electron chi connectivity index (χ3n) is 4.75. The highest BCUT2D eigenvalue weighted by Gasteiger charge is 2.41. The molecule has 5 nitrogen and oxygen atoms in total. The average molecular weight is 413 g/mol. The van der Waals surface area contributed by atoms with Crippen LogP contribution in [0.3, 0.4) is 0 Å². The number of ether oxygens (including phenoxy) is 2. The molecule has 1 aliphatic heterocycles. The van der Waals surface area contributed by atoms with Crippen LogP contribution in [0.15, 0.2) is 24.3 Å². The van der Waals surface area contributed by atoms with Gasteiger partial charge in [-0.15, -0.1) is 0 Å². The molecule has 27 heavy (non-hydrogen) atoms. The van der Waals surface area contributed by atoms with E-state index in [1.807, 2.05) is 58.9 Å². The van der Waals surface area contributed by atoms with Crippen LogP contribution in [0.5, 0.6) is 0 Å².